The topological polar surface area (TPSA) is 39.9 Å². The number of hydrogen-bond donors (Lipinski definition) is 0. The Morgan fingerprint density at radius 1 is 1.35 bits per heavy atom. The normalized spacial score (nSPS) is 16.5. The van der Waals surface area contributed by atoms with Crippen LogP contribution in [0.2, 0.25) is 0 Å². The van der Waals surface area contributed by atoms with E-state index in [-0.39, 0.29) is 0 Å². The van der Waals surface area contributed by atoms with Gasteiger partial charge in [-0.1, -0.05) is 19.3 Å². The van der Waals surface area contributed by atoms with Crippen LogP contribution >= 0.6 is 0 Å². The molecule has 0 N–H and O–H groups in total. The lowest BCUT2D eigenvalue weighted by Crippen LogP contribution is -2.34. The molecule has 0 aromatic carbocycles. The van der Waals surface area contributed by atoms with Crippen molar-refractivity contribution in [3.63, 3.8) is 0 Å². The molecule has 3 heteroatoms. The summed E-state index contributed by atoms with van der Waals surface area (Å²) in [5, 5.41) is 9.23. The number of nitriles is 1. The van der Waals surface area contributed by atoms with Crippen molar-refractivity contribution < 1.29 is 0 Å². The van der Waals surface area contributed by atoms with Gasteiger partial charge in [0.25, 0.3) is 0 Å². The first-order valence-corrected chi connectivity index (χ1v) is 6.32. The van der Waals surface area contributed by atoms with Gasteiger partial charge in [0.1, 0.15) is 11.9 Å². The van der Waals surface area contributed by atoms with Crippen molar-refractivity contribution in [2.45, 2.75) is 45.1 Å². The largest absolute Gasteiger partial charge is 0.356 e. The molecule has 3 nitrogen and oxygen atoms in total. The van der Waals surface area contributed by atoms with E-state index in [1.807, 2.05) is 13.0 Å². The Bertz CT molecular complexity index is 428. The second-order valence-electron chi connectivity index (χ2n) is 4.84. The third-order valence-electron chi connectivity index (χ3n) is 3.71. The standard InChI is InChI=1S/C14H19N3/c1-11-8-9-16-14(13(11)10-15)17(2)12-6-4-3-5-7-12/h8-9,12H,3-7H2,1-2H3. The second-order valence-corrected chi connectivity index (χ2v) is 4.84. The molecule has 1 heterocycles. The first kappa shape index (κ1) is 11.9. The van der Waals surface area contributed by atoms with Gasteiger partial charge >= 0.3 is 0 Å². The molecule has 0 spiro atoms. The van der Waals surface area contributed by atoms with Gasteiger partial charge in [-0.05, 0) is 31.4 Å². The highest BCUT2D eigenvalue weighted by molar-refractivity contribution is 5.57. The van der Waals surface area contributed by atoms with Crippen LogP contribution in [0, 0.1) is 18.3 Å². The highest BCUT2D eigenvalue weighted by Gasteiger charge is 2.21. The molecule has 1 saturated carbocycles. The molecule has 17 heavy (non-hydrogen) atoms. The summed E-state index contributed by atoms with van der Waals surface area (Å²) in [5.74, 6) is 0.847. The molecular weight excluding hydrogens is 210 g/mol. The molecule has 1 aliphatic carbocycles. The summed E-state index contributed by atoms with van der Waals surface area (Å²) in [5.41, 5.74) is 1.74. The van der Waals surface area contributed by atoms with Crippen LogP contribution in [0.3, 0.4) is 0 Å². The Morgan fingerprint density at radius 3 is 2.71 bits per heavy atom. The molecule has 0 saturated heterocycles. The smallest absolute Gasteiger partial charge is 0.146 e. The van der Waals surface area contributed by atoms with Gasteiger partial charge < -0.3 is 4.90 Å². The van der Waals surface area contributed by atoms with Crippen LogP contribution in [-0.4, -0.2) is 18.1 Å². The predicted molar refractivity (Wildman–Crippen MR) is 69.0 cm³/mol. The van der Waals surface area contributed by atoms with Crippen LogP contribution in [0.5, 0.6) is 0 Å². The van der Waals surface area contributed by atoms with E-state index < -0.39 is 0 Å². The maximum Gasteiger partial charge on any atom is 0.146 e. The van der Waals surface area contributed by atoms with E-state index in [1.165, 1.54) is 32.1 Å². The summed E-state index contributed by atoms with van der Waals surface area (Å²) in [7, 11) is 2.07. The molecule has 0 aliphatic heterocycles. The zero-order chi connectivity index (χ0) is 12.3. The number of hydrogen-bond acceptors (Lipinski definition) is 3. The molecule has 1 aliphatic rings. The third-order valence-corrected chi connectivity index (χ3v) is 3.71. The number of anilines is 1. The minimum Gasteiger partial charge on any atom is -0.356 e. The van der Waals surface area contributed by atoms with Crippen LogP contribution in [0.15, 0.2) is 12.3 Å². The van der Waals surface area contributed by atoms with Crippen LogP contribution < -0.4 is 4.90 Å². The lowest BCUT2D eigenvalue weighted by atomic mass is 9.94. The Balaban J connectivity index is 2.27. The van der Waals surface area contributed by atoms with Crippen molar-refractivity contribution in [3.05, 3.63) is 23.4 Å². The molecule has 1 aromatic heterocycles. The molecule has 0 unspecified atom stereocenters. The third kappa shape index (κ3) is 2.41. The summed E-state index contributed by atoms with van der Waals surface area (Å²) in [4.78, 5) is 6.59. The van der Waals surface area contributed by atoms with E-state index in [0.717, 1.165) is 16.9 Å². The fourth-order valence-corrected chi connectivity index (χ4v) is 2.59. The lowest BCUT2D eigenvalue weighted by molar-refractivity contribution is 0.426. The summed E-state index contributed by atoms with van der Waals surface area (Å²) in [6.45, 7) is 1.97. The number of nitrogens with zero attached hydrogens (tertiary/aromatic N) is 3. The van der Waals surface area contributed by atoms with Gasteiger partial charge in [-0.25, -0.2) is 4.98 Å². The Hall–Kier alpha value is -1.56. The molecular formula is C14H19N3. The van der Waals surface area contributed by atoms with E-state index in [1.54, 1.807) is 6.20 Å². The van der Waals surface area contributed by atoms with E-state index in [4.69, 9.17) is 0 Å². The molecule has 2 rings (SSSR count). The summed E-state index contributed by atoms with van der Waals surface area (Å²) in [6, 6.07) is 4.73. The maximum absolute atomic E-state index is 9.23. The van der Waals surface area contributed by atoms with Crippen molar-refractivity contribution in [3.8, 4) is 6.07 Å². The van der Waals surface area contributed by atoms with Gasteiger partial charge in [0, 0.05) is 19.3 Å². The summed E-state index contributed by atoms with van der Waals surface area (Å²) in [6.07, 6.45) is 8.17. The van der Waals surface area contributed by atoms with Gasteiger partial charge in [0.15, 0.2) is 0 Å². The Kier molecular flexibility index (Phi) is 3.63. The summed E-state index contributed by atoms with van der Waals surface area (Å²) < 4.78 is 0. The van der Waals surface area contributed by atoms with E-state index in [9.17, 15) is 5.26 Å². The first-order valence-electron chi connectivity index (χ1n) is 6.32. The monoisotopic (exact) mass is 229 g/mol. The Morgan fingerprint density at radius 2 is 2.06 bits per heavy atom. The number of pyridine rings is 1. The minimum atomic E-state index is 0.546. The van der Waals surface area contributed by atoms with Gasteiger partial charge in [-0.2, -0.15) is 5.26 Å². The minimum absolute atomic E-state index is 0.546. The molecule has 1 fully saturated rings. The molecule has 90 valence electrons. The van der Waals surface area contributed by atoms with Gasteiger partial charge in [-0.3, -0.25) is 0 Å². The number of rotatable bonds is 2. The zero-order valence-corrected chi connectivity index (χ0v) is 10.6. The molecule has 0 radical (unpaired) electrons. The van der Waals surface area contributed by atoms with Gasteiger partial charge in [0.05, 0.1) is 5.56 Å². The van der Waals surface area contributed by atoms with Crippen LogP contribution in [0.4, 0.5) is 5.82 Å². The quantitative estimate of drug-likeness (QED) is 0.782. The van der Waals surface area contributed by atoms with E-state index in [2.05, 4.69) is 23.0 Å². The fourth-order valence-electron chi connectivity index (χ4n) is 2.59. The molecule has 1 aromatic rings. The van der Waals surface area contributed by atoms with Crippen molar-refractivity contribution in [1.82, 2.24) is 4.98 Å². The number of aryl methyl sites for hydroxylation is 1. The first-order chi connectivity index (χ1) is 8.24. The van der Waals surface area contributed by atoms with Crippen molar-refractivity contribution in [2.24, 2.45) is 0 Å². The lowest BCUT2D eigenvalue weighted by Gasteiger charge is -2.32. The van der Waals surface area contributed by atoms with Crippen molar-refractivity contribution >= 4 is 5.82 Å². The van der Waals surface area contributed by atoms with E-state index >= 15 is 0 Å². The van der Waals surface area contributed by atoms with Gasteiger partial charge in [-0.15, -0.1) is 0 Å². The molecule has 0 bridgehead atoms. The molecule has 0 atom stereocenters. The van der Waals surface area contributed by atoms with E-state index in [0.29, 0.717) is 6.04 Å². The predicted octanol–water partition coefficient (Wildman–Crippen LogP) is 3.03. The zero-order valence-electron chi connectivity index (χ0n) is 10.6. The van der Waals surface area contributed by atoms with Crippen molar-refractivity contribution in [2.75, 3.05) is 11.9 Å². The van der Waals surface area contributed by atoms with Crippen LogP contribution in [0.1, 0.15) is 43.2 Å². The second kappa shape index (κ2) is 5.18. The molecule has 0 amide bonds. The van der Waals surface area contributed by atoms with Crippen LogP contribution in [0.25, 0.3) is 0 Å². The van der Waals surface area contributed by atoms with Gasteiger partial charge in [0.2, 0.25) is 0 Å². The average Bonchev–Trinajstić information content (AvgIpc) is 2.38. The summed E-state index contributed by atoms with van der Waals surface area (Å²) >= 11 is 0. The Labute approximate surface area is 103 Å². The highest BCUT2D eigenvalue weighted by Crippen LogP contribution is 2.27. The maximum atomic E-state index is 9.23. The highest BCUT2D eigenvalue weighted by atomic mass is 15.2. The van der Waals surface area contributed by atoms with Crippen LogP contribution in [-0.2, 0) is 0 Å². The fraction of sp³-hybridized carbons (Fsp3) is 0.571. The number of aromatic nitrogens is 1. The SMILES string of the molecule is Cc1ccnc(N(C)C2CCCCC2)c1C#N. The average molecular weight is 229 g/mol. The van der Waals surface area contributed by atoms with Crippen molar-refractivity contribution in [1.29, 1.82) is 5.26 Å².